The lowest BCUT2D eigenvalue weighted by molar-refractivity contribution is 0.0900. The number of hydrogen-bond acceptors (Lipinski definition) is 9. The van der Waals surface area contributed by atoms with Gasteiger partial charge in [0.05, 0.1) is 38.1 Å². The molecule has 0 amide bonds. The van der Waals surface area contributed by atoms with Gasteiger partial charge in [-0.3, -0.25) is 14.3 Å². The third-order valence-corrected chi connectivity index (χ3v) is 8.25. The first-order valence-corrected chi connectivity index (χ1v) is 14.5. The van der Waals surface area contributed by atoms with Crippen molar-refractivity contribution in [1.82, 2.24) is 19.7 Å². The Kier molecular flexibility index (Phi) is 9.08. The molecule has 2 aromatic heterocycles. The number of pyridine rings is 1. The molecular weight excluding hydrogens is 563 g/mol. The second kappa shape index (κ2) is 12.5. The van der Waals surface area contributed by atoms with Crippen LogP contribution < -0.4 is 14.2 Å². The van der Waals surface area contributed by atoms with E-state index in [0.717, 1.165) is 5.56 Å². The number of benzene rings is 1. The lowest BCUT2D eigenvalue weighted by Crippen LogP contribution is -2.34. The van der Waals surface area contributed by atoms with E-state index in [2.05, 4.69) is 26.5 Å². The fraction of sp³-hybridized carbons (Fsp3) is 0.310. The van der Waals surface area contributed by atoms with Crippen molar-refractivity contribution in [1.29, 1.82) is 5.26 Å². The Hall–Kier alpha value is -4.54. The summed E-state index contributed by atoms with van der Waals surface area (Å²) in [5.41, 5.74) is 2.25. The first-order valence-electron chi connectivity index (χ1n) is 12.8. The van der Waals surface area contributed by atoms with Gasteiger partial charge in [0, 0.05) is 36.6 Å². The average Bonchev–Trinajstić information content (AvgIpc) is 3.36. The van der Waals surface area contributed by atoms with Gasteiger partial charge in [0.25, 0.3) is 0 Å². The Morgan fingerprint density at radius 1 is 1.17 bits per heavy atom. The van der Waals surface area contributed by atoms with Crippen molar-refractivity contribution in [2.24, 2.45) is 11.8 Å². The first-order chi connectivity index (χ1) is 20.0. The first kappa shape index (κ1) is 30.4. The highest BCUT2D eigenvalue weighted by Gasteiger charge is 2.35. The Bertz CT molecular complexity index is 1690. The number of hydrogen-bond donors (Lipinski definition) is 1. The van der Waals surface area contributed by atoms with Crippen LogP contribution in [0.15, 0.2) is 72.4 Å². The van der Waals surface area contributed by atoms with Gasteiger partial charge in [0.1, 0.15) is 23.0 Å². The zero-order chi connectivity index (χ0) is 30.6. The van der Waals surface area contributed by atoms with Crippen LogP contribution in [0.25, 0.3) is 17.1 Å². The largest absolute Gasteiger partial charge is 0.494 e. The van der Waals surface area contributed by atoms with Gasteiger partial charge in [0.2, 0.25) is 16.0 Å². The fourth-order valence-electron chi connectivity index (χ4n) is 4.91. The van der Waals surface area contributed by atoms with Crippen LogP contribution in [-0.2, 0) is 14.8 Å². The molecule has 1 N–H and O–H groups in total. The van der Waals surface area contributed by atoms with Crippen LogP contribution in [0.1, 0.15) is 12.5 Å². The van der Waals surface area contributed by atoms with Crippen molar-refractivity contribution in [3.8, 4) is 34.6 Å². The minimum Gasteiger partial charge on any atom is -0.494 e. The molecule has 1 aromatic carbocycles. The molecule has 0 bridgehead atoms. The van der Waals surface area contributed by atoms with Crippen molar-refractivity contribution < 1.29 is 27.0 Å². The lowest BCUT2D eigenvalue weighted by Gasteiger charge is -2.29. The molecule has 11 nitrogen and oxygen atoms in total. The number of allylic oxidation sites excluding steroid dienone is 4. The molecule has 3 atom stereocenters. The molecule has 0 radical (unpaired) electrons. The predicted molar refractivity (Wildman–Crippen MR) is 155 cm³/mol. The maximum atomic E-state index is 14.1. The number of methoxy groups -OCH3 is 3. The summed E-state index contributed by atoms with van der Waals surface area (Å²) in [6, 6.07) is 9.01. The maximum absolute atomic E-state index is 14.1. The minimum atomic E-state index is -4.10. The Morgan fingerprint density at radius 3 is 2.45 bits per heavy atom. The van der Waals surface area contributed by atoms with E-state index in [1.54, 1.807) is 37.5 Å². The number of nitrogens with zero attached hydrogens (tertiary/aromatic N) is 5. The number of para-hydroxylation sites is 1. The van der Waals surface area contributed by atoms with E-state index in [1.165, 1.54) is 38.0 Å². The molecule has 42 heavy (non-hydrogen) atoms. The zero-order valence-corrected chi connectivity index (χ0v) is 24.6. The van der Waals surface area contributed by atoms with Crippen molar-refractivity contribution in [3.05, 3.63) is 77.9 Å². The highest BCUT2D eigenvalue weighted by molar-refractivity contribution is 7.92. The maximum Gasteiger partial charge on any atom is 0.243 e. The summed E-state index contributed by atoms with van der Waals surface area (Å²) in [7, 11) is 0.274. The van der Waals surface area contributed by atoms with E-state index in [-0.39, 0.29) is 11.5 Å². The van der Waals surface area contributed by atoms with Crippen molar-refractivity contribution >= 4 is 16.0 Å². The molecule has 0 saturated carbocycles. The van der Waals surface area contributed by atoms with Crippen molar-refractivity contribution in [3.63, 3.8) is 0 Å². The predicted octanol–water partition coefficient (Wildman–Crippen LogP) is 4.54. The summed E-state index contributed by atoms with van der Waals surface area (Å²) in [6.07, 6.45) is 5.10. The molecule has 1 aliphatic rings. The number of aromatic nitrogens is 4. The molecule has 2 unspecified atom stereocenters. The summed E-state index contributed by atoms with van der Waals surface area (Å²) >= 11 is 0. The van der Waals surface area contributed by atoms with Gasteiger partial charge in [-0.1, -0.05) is 25.6 Å². The smallest absolute Gasteiger partial charge is 0.243 e. The molecule has 0 saturated heterocycles. The summed E-state index contributed by atoms with van der Waals surface area (Å²) in [5.74, 6) is -1.70. The van der Waals surface area contributed by atoms with E-state index in [1.807, 2.05) is 19.1 Å². The number of ether oxygens (including phenoxy) is 3. The average molecular weight is 595 g/mol. The van der Waals surface area contributed by atoms with Crippen molar-refractivity contribution in [2.45, 2.75) is 20.0 Å². The van der Waals surface area contributed by atoms with Gasteiger partial charge in [-0.25, -0.2) is 12.8 Å². The molecule has 13 heteroatoms. The summed E-state index contributed by atoms with van der Waals surface area (Å²) in [5, 5.41) is 18.1. The molecule has 0 aliphatic heterocycles. The topological polar surface area (TPSA) is 141 Å². The van der Waals surface area contributed by atoms with E-state index in [9.17, 15) is 18.1 Å². The van der Waals surface area contributed by atoms with Gasteiger partial charge in [-0.05, 0) is 42.3 Å². The standard InChI is InChI=1S/C29H31FN6O5S/c1-17-12-20(15-32-14-17)28-33-34-29(36(28)26-24(39-4)8-7-9-25(26)40-5)35-42(37,38)16-18(2)27(41-6)21-10-11-23(30)19(3)22(21)13-31/h7-12,14-15,18,22,27H,3,16H2,1-2,4-6H3,(H,34,35)/t18?,22?,27-/m0/s1. The summed E-state index contributed by atoms with van der Waals surface area (Å²) in [4.78, 5) is 4.24. The summed E-state index contributed by atoms with van der Waals surface area (Å²) < 4.78 is 62.1. The van der Waals surface area contributed by atoms with E-state index in [0.29, 0.717) is 34.1 Å². The van der Waals surface area contributed by atoms with Gasteiger partial charge in [-0.2, -0.15) is 5.26 Å². The highest BCUT2D eigenvalue weighted by atomic mass is 32.2. The van der Waals surface area contributed by atoms with Crippen LogP contribution in [0.4, 0.5) is 10.3 Å². The number of nitrogens with one attached hydrogen (secondary N) is 1. The second-order valence-corrected chi connectivity index (χ2v) is 11.5. The van der Waals surface area contributed by atoms with Gasteiger partial charge in [-0.15, -0.1) is 10.2 Å². The quantitative estimate of drug-likeness (QED) is 0.339. The molecule has 2 heterocycles. The van der Waals surface area contributed by atoms with E-state index >= 15 is 0 Å². The molecule has 220 valence electrons. The Labute approximate surface area is 244 Å². The van der Waals surface area contributed by atoms with E-state index < -0.39 is 39.5 Å². The van der Waals surface area contributed by atoms with Crippen LogP contribution in [0.5, 0.6) is 11.5 Å². The second-order valence-electron chi connectivity index (χ2n) is 9.73. The van der Waals surface area contributed by atoms with Crippen LogP contribution in [0.3, 0.4) is 0 Å². The molecular formula is C29H31FN6O5S. The van der Waals surface area contributed by atoms with Gasteiger partial charge in [0.15, 0.2) is 5.82 Å². The number of nitriles is 1. The molecule has 0 spiro atoms. The Morgan fingerprint density at radius 2 is 1.86 bits per heavy atom. The Balaban J connectivity index is 1.75. The van der Waals surface area contributed by atoms with E-state index in [4.69, 9.17) is 14.2 Å². The van der Waals surface area contributed by atoms with Gasteiger partial charge < -0.3 is 14.2 Å². The fourth-order valence-corrected chi connectivity index (χ4v) is 6.27. The van der Waals surface area contributed by atoms with Crippen LogP contribution in [-0.4, -0.2) is 61.4 Å². The number of halogens is 1. The third-order valence-electron chi connectivity index (χ3n) is 6.79. The van der Waals surface area contributed by atoms with Crippen LogP contribution in [0.2, 0.25) is 0 Å². The highest BCUT2D eigenvalue weighted by Crippen LogP contribution is 2.38. The number of sulfonamides is 1. The normalized spacial score (nSPS) is 16.6. The van der Waals surface area contributed by atoms with Crippen LogP contribution in [0, 0.1) is 30.1 Å². The SMILES string of the molecule is C=C1C(F)=CC=C([C@@H](OC)C(C)CS(=O)(=O)Nc2nnc(-c3cncc(C)c3)n2-c2c(OC)cccc2OC)C1C#N. The minimum absolute atomic E-state index is 0.00209. The monoisotopic (exact) mass is 594 g/mol. The molecule has 1 aliphatic carbocycles. The summed E-state index contributed by atoms with van der Waals surface area (Å²) in [6.45, 7) is 7.20. The van der Waals surface area contributed by atoms with Gasteiger partial charge >= 0.3 is 0 Å². The molecule has 3 aromatic rings. The lowest BCUT2D eigenvalue weighted by atomic mass is 9.82. The number of aryl methyl sites for hydroxylation is 1. The third kappa shape index (κ3) is 6.05. The zero-order valence-electron chi connectivity index (χ0n) is 23.8. The van der Waals surface area contributed by atoms with Crippen molar-refractivity contribution in [2.75, 3.05) is 31.8 Å². The molecule has 0 fully saturated rings. The van der Waals surface area contributed by atoms with Crippen LogP contribution >= 0.6 is 0 Å². The number of anilines is 1. The molecule has 4 rings (SSSR count). The number of rotatable bonds is 11.